The highest BCUT2D eigenvalue weighted by molar-refractivity contribution is 6.34. The molecule has 0 bridgehead atoms. The first-order valence-electron chi connectivity index (χ1n) is 10.9. The van der Waals surface area contributed by atoms with Crippen molar-refractivity contribution >= 4 is 33.9 Å². The fraction of sp³-hybridized carbons (Fsp3) is 0.400. The number of likely N-dealkylation sites (tertiary alicyclic amines) is 1. The van der Waals surface area contributed by atoms with E-state index in [4.69, 9.17) is 11.6 Å². The molecule has 1 N–H and O–H groups in total. The van der Waals surface area contributed by atoms with Crippen molar-refractivity contribution in [1.29, 1.82) is 5.26 Å². The third-order valence-electron chi connectivity index (χ3n) is 6.64. The molecule has 0 saturated carbocycles. The highest BCUT2D eigenvalue weighted by Gasteiger charge is 2.25. The molecule has 0 amide bonds. The monoisotopic (exact) mass is 448 g/mol. The van der Waals surface area contributed by atoms with E-state index in [-0.39, 0.29) is 6.04 Å². The molecule has 1 fully saturated rings. The number of nitriles is 1. The third-order valence-corrected chi connectivity index (χ3v) is 6.94. The predicted molar refractivity (Wildman–Crippen MR) is 132 cm³/mol. The first-order chi connectivity index (χ1) is 15.3. The average molecular weight is 449 g/mol. The molecular formula is C25H29ClN6. The minimum atomic E-state index is -0.0381. The molecule has 6 nitrogen and oxygen atoms in total. The molecule has 166 valence electrons. The summed E-state index contributed by atoms with van der Waals surface area (Å²) in [4.78, 5) is 4.63. The molecule has 2 atom stereocenters. The van der Waals surface area contributed by atoms with Crippen LogP contribution in [0.15, 0.2) is 30.3 Å². The zero-order valence-electron chi connectivity index (χ0n) is 19.3. The van der Waals surface area contributed by atoms with E-state index < -0.39 is 0 Å². The molecule has 0 aliphatic carbocycles. The second kappa shape index (κ2) is 8.93. The van der Waals surface area contributed by atoms with Crippen molar-refractivity contribution in [2.45, 2.75) is 39.3 Å². The Morgan fingerprint density at radius 3 is 2.72 bits per heavy atom. The molecule has 4 rings (SSSR count). The number of fused-ring (bicyclic) bond motifs is 1. The van der Waals surface area contributed by atoms with Crippen LogP contribution in [0.2, 0.25) is 5.02 Å². The maximum absolute atomic E-state index is 9.39. The Morgan fingerprint density at radius 2 is 2.03 bits per heavy atom. The van der Waals surface area contributed by atoms with Gasteiger partial charge in [-0.3, -0.25) is 0 Å². The van der Waals surface area contributed by atoms with Crippen molar-refractivity contribution < 1.29 is 0 Å². The standard InChI is InChI=1S/C25H29ClN6/c1-15-18(13-27)7-6-8-20(15)16(2)28-25-22-12-24(32(5)19-9-10-31(4)14-19)23(26)11-21(22)17(3)29-30-25/h6-8,11-12,16,19H,9-10,14H2,1-5H3,(H,28,30)/t16-,19+/m1/s1. The molecule has 1 saturated heterocycles. The van der Waals surface area contributed by atoms with Crippen molar-refractivity contribution in [2.75, 3.05) is 37.4 Å². The lowest BCUT2D eigenvalue weighted by Crippen LogP contribution is -2.33. The van der Waals surface area contributed by atoms with Gasteiger partial charge in [-0.05, 0) is 70.1 Å². The quantitative estimate of drug-likeness (QED) is 0.586. The lowest BCUT2D eigenvalue weighted by Gasteiger charge is -2.28. The van der Waals surface area contributed by atoms with Crippen molar-refractivity contribution in [2.24, 2.45) is 0 Å². The Bertz CT molecular complexity index is 1200. The summed E-state index contributed by atoms with van der Waals surface area (Å²) in [6, 6.07) is 12.6. The van der Waals surface area contributed by atoms with Crippen molar-refractivity contribution in [1.82, 2.24) is 15.1 Å². The van der Waals surface area contributed by atoms with E-state index in [0.29, 0.717) is 11.6 Å². The number of hydrogen-bond acceptors (Lipinski definition) is 6. The fourth-order valence-corrected chi connectivity index (χ4v) is 4.91. The topological polar surface area (TPSA) is 68.1 Å². The van der Waals surface area contributed by atoms with Gasteiger partial charge in [0.15, 0.2) is 5.82 Å². The molecule has 7 heteroatoms. The van der Waals surface area contributed by atoms with Crippen LogP contribution in [0.4, 0.5) is 11.5 Å². The van der Waals surface area contributed by atoms with Gasteiger partial charge in [0.1, 0.15) is 0 Å². The zero-order valence-corrected chi connectivity index (χ0v) is 20.0. The fourth-order valence-electron chi connectivity index (χ4n) is 4.62. The minimum absolute atomic E-state index is 0.0381. The second-order valence-corrected chi connectivity index (χ2v) is 9.20. The summed E-state index contributed by atoms with van der Waals surface area (Å²) in [6.07, 6.45) is 1.12. The van der Waals surface area contributed by atoms with Gasteiger partial charge in [-0.15, -0.1) is 5.10 Å². The molecule has 0 spiro atoms. The number of nitrogens with one attached hydrogen (secondary N) is 1. The molecule has 1 aliphatic heterocycles. The molecule has 3 aromatic rings. The SMILES string of the molecule is Cc1c(C#N)cccc1[C@@H](C)Nc1nnc(C)c2cc(Cl)c(N(C)[C@H]3CCN(C)C3)cc12. The molecular weight excluding hydrogens is 420 g/mol. The van der Waals surface area contributed by atoms with Crippen LogP contribution in [0, 0.1) is 25.2 Å². The van der Waals surface area contributed by atoms with Crippen LogP contribution in [0.3, 0.4) is 0 Å². The summed E-state index contributed by atoms with van der Waals surface area (Å²) in [5.74, 6) is 0.717. The Hall–Kier alpha value is -2.88. The lowest BCUT2D eigenvalue weighted by atomic mass is 9.98. The molecule has 0 unspecified atom stereocenters. The summed E-state index contributed by atoms with van der Waals surface area (Å²) in [5, 5.41) is 24.5. The Labute approximate surface area is 194 Å². The highest BCUT2D eigenvalue weighted by Crippen LogP contribution is 2.36. The summed E-state index contributed by atoms with van der Waals surface area (Å²) in [6.45, 7) is 8.13. The zero-order chi connectivity index (χ0) is 23.0. The first-order valence-corrected chi connectivity index (χ1v) is 11.3. The number of benzene rings is 2. The van der Waals surface area contributed by atoms with Crippen LogP contribution in [0.5, 0.6) is 0 Å². The minimum Gasteiger partial charge on any atom is -0.369 e. The van der Waals surface area contributed by atoms with Crippen LogP contribution >= 0.6 is 11.6 Å². The molecule has 32 heavy (non-hydrogen) atoms. The Morgan fingerprint density at radius 1 is 1.25 bits per heavy atom. The number of nitrogens with zero attached hydrogens (tertiary/aromatic N) is 5. The summed E-state index contributed by atoms with van der Waals surface area (Å²) < 4.78 is 0. The lowest BCUT2D eigenvalue weighted by molar-refractivity contribution is 0.409. The van der Waals surface area contributed by atoms with E-state index in [0.717, 1.165) is 63.6 Å². The molecule has 1 aromatic heterocycles. The van der Waals surface area contributed by atoms with Gasteiger partial charge in [0.05, 0.1) is 34.1 Å². The number of rotatable bonds is 5. The van der Waals surface area contributed by atoms with Crippen LogP contribution in [-0.2, 0) is 0 Å². The second-order valence-electron chi connectivity index (χ2n) is 8.80. The van der Waals surface area contributed by atoms with E-state index in [1.54, 1.807) is 0 Å². The number of likely N-dealkylation sites (N-methyl/N-ethyl adjacent to an activating group) is 2. The van der Waals surface area contributed by atoms with Crippen molar-refractivity contribution in [3.05, 3.63) is 57.7 Å². The number of aromatic nitrogens is 2. The van der Waals surface area contributed by atoms with E-state index in [1.165, 1.54) is 0 Å². The van der Waals surface area contributed by atoms with Crippen molar-refractivity contribution in [3.8, 4) is 6.07 Å². The Balaban J connectivity index is 1.74. The first kappa shape index (κ1) is 22.3. The van der Waals surface area contributed by atoms with Gasteiger partial charge in [-0.25, -0.2) is 0 Å². The summed E-state index contributed by atoms with van der Waals surface area (Å²) >= 11 is 6.74. The molecule has 0 radical (unpaired) electrons. The van der Waals surface area contributed by atoms with E-state index in [2.05, 4.69) is 58.5 Å². The molecule has 1 aliphatic rings. The van der Waals surface area contributed by atoms with Gasteiger partial charge in [0, 0.05) is 30.4 Å². The van der Waals surface area contributed by atoms with Gasteiger partial charge in [0.25, 0.3) is 0 Å². The molecule has 2 heterocycles. The average Bonchev–Trinajstić information content (AvgIpc) is 3.21. The predicted octanol–water partition coefficient (Wildman–Crippen LogP) is 5.09. The van der Waals surface area contributed by atoms with Gasteiger partial charge in [-0.1, -0.05) is 23.7 Å². The third kappa shape index (κ3) is 4.11. The van der Waals surface area contributed by atoms with Crippen LogP contribution in [0.1, 0.15) is 41.8 Å². The van der Waals surface area contributed by atoms with E-state index in [1.807, 2.05) is 38.1 Å². The highest BCUT2D eigenvalue weighted by atomic mass is 35.5. The van der Waals surface area contributed by atoms with Crippen LogP contribution in [0.25, 0.3) is 10.8 Å². The van der Waals surface area contributed by atoms with Crippen LogP contribution in [-0.4, -0.2) is 48.3 Å². The number of hydrogen-bond donors (Lipinski definition) is 1. The normalized spacial score (nSPS) is 17.3. The summed E-state index contributed by atoms with van der Waals surface area (Å²) in [5.41, 5.74) is 4.59. The van der Waals surface area contributed by atoms with Crippen molar-refractivity contribution in [3.63, 3.8) is 0 Å². The molecule has 2 aromatic carbocycles. The maximum Gasteiger partial charge on any atom is 0.157 e. The van der Waals surface area contributed by atoms with Gasteiger partial charge >= 0.3 is 0 Å². The van der Waals surface area contributed by atoms with E-state index >= 15 is 0 Å². The maximum atomic E-state index is 9.39. The van der Waals surface area contributed by atoms with Gasteiger partial charge in [-0.2, -0.15) is 10.4 Å². The van der Waals surface area contributed by atoms with E-state index in [9.17, 15) is 5.26 Å². The van der Waals surface area contributed by atoms with Gasteiger partial charge < -0.3 is 15.1 Å². The number of halogens is 1. The Kier molecular flexibility index (Phi) is 6.23. The number of anilines is 2. The van der Waals surface area contributed by atoms with Crippen LogP contribution < -0.4 is 10.2 Å². The summed E-state index contributed by atoms with van der Waals surface area (Å²) in [7, 11) is 4.27. The largest absolute Gasteiger partial charge is 0.369 e. The van der Waals surface area contributed by atoms with Gasteiger partial charge in [0.2, 0.25) is 0 Å². The smallest absolute Gasteiger partial charge is 0.157 e. The number of aryl methyl sites for hydroxylation is 1.